The Morgan fingerprint density at radius 3 is 2.55 bits per heavy atom. The smallest absolute Gasteiger partial charge is 0.186 e. The molecule has 0 unspecified atom stereocenters. The Bertz CT molecular complexity index is 447. The highest BCUT2D eigenvalue weighted by atomic mass is 32.1. The lowest BCUT2D eigenvalue weighted by atomic mass is 10.0. The van der Waals surface area contributed by atoms with Crippen molar-refractivity contribution in [3.05, 3.63) is 10.6 Å². The second kappa shape index (κ2) is 6.02. The van der Waals surface area contributed by atoms with Crippen LogP contribution in [0.2, 0.25) is 0 Å². The molecule has 0 spiro atoms. The standard InChI is InChI=1S/C16H29N3S/c1-7-16(4,5)19(6)15-18-14(11(2)3)13(20-15)10-17-12-8-9-12/h11-12,17H,7-10H2,1-6H3. The molecular weight excluding hydrogens is 266 g/mol. The molecule has 1 heterocycles. The minimum atomic E-state index is 0.160. The van der Waals surface area contributed by atoms with Crippen molar-refractivity contribution in [1.29, 1.82) is 0 Å². The van der Waals surface area contributed by atoms with Crippen LogP contribution in [0.3, 0.4) is 0 Å². The van der Waals surface area contributed by atoms with Crippen LogP contribution in [-0.4, -0.2) is 23.6 Å². The predicted molar refractivity (Wildman–Crippen MR) is 88.8 cm³/mol. The maximum Gasteiger partial charge on any atom is 0.186 e. The minimum Gasteiger partial charge on any atom is -0.346 e. The van der Waals surface area contributed by atoms with E-state index in [4.69, 9.17) is 4.98 Å². The van der Waals surface area contributed by atoms with Gasteiger partial charge in [0.05, 0.1) is 5.69 Å². The van der Waals surface area contributed by atoms with Crippen LogP contribution in [0.25, 0.3) is 0 Å². The molecule has 1 aromatic rings. The van der Waals surface area contributed by atoms with Crippen LogP contribution in [0.15, 0.2) is 0 Å². The van der Waals surface area contributed by atoms with Crippen molar-refractivity contribution in [3.8, 4) is 0 Å². The third kappa shape index (κ3) is 3.53. The van der Waals surface area contributed by atoms with Gasteiger partial charge in [-0.1, -0.05) is 20.8 Å². The van der Waals surface area contributed by atoms with Crippen LogP contribution in [-0.2, 0) is 6.54 Å². The Balaban J connectivity index is 2.18. The minimum absolute atomic E-state index is 0.160. The quantitative estimate of drug-likeness (QED) is 0.819. The molecule has 0 atom stereocenters. The third-order valence-electron chi connectivity index (χ3n) is 4.45. The molecule has 1 saturated carbocycles. The summed E-state index contributed by atoms with van der Waals surface area (Å²) in [5.41, 5.74) is 1.43. The van der Waals surface area contributed by atoms with Crippen LogP contribution in [0, 0.1) is 0 Å². The van der Waals surface area contributed by atoms with E-state index in [0.29, 0.717) is 5.92 Å². The van der Waals surface area contributed by atoms with E-state index < -0.39 is 0 Å². The number of anilines is 1. The zero-order valence-electron chi connectivity index (χ0n) is 13.8. The normalized spacial score (nSPS) is 15.9. The summed E-state index contributed by atoms with van der Waals surface area (Å²) in [7, 11) is 2.17. The highest BCUT2D eigenvalue weighted by molar-refractivity contribution is 7.15. The molecule has 1 N–H and O–H groups in total. The highest BCUT2D eigenvalue weighted by Crippen LogP contribution is 2.34. The second-order valence-corrected chi connectivity index (χ2v) is 7.90. The first-order chi connectivity index (χ1) is 9.35. The van der Waals surface area contributed by atoms with Crippen LogP contribution >= 0.6 is 11.3 Å². The lowest BCUT2D eigenvalue weighted by Crippen LogP contribution is -2.40. The van der Waals surface area contributed by atoms with Crippen molar-refractivity contribution >= 4 is 16.5 Å². The van der Waals surface area contributed by atoms with Crippen LogP contribution in [0.5, 0.6) is 0 Å². The molecule has 0 amide bonds. The summed E-state index contributed by atoms with van der Waals surface area (Å²) in [4.78, 5) is 8.68. The molecule has 1 aliphatic rings. The van der Waals surface area contributed by atoms with Gasteiger partial charge in [0.25, 0.3) is 0 Å². The van der Waals surface area contributed by atoms with E-state index >= 15 is 0 Å². The van der Waals surface area contributed by atoms with Crippen molar-refractivity contribution in [1.82, 2.24) is 10.3 Å². The largest absolute Gasteiger partial charge is 0.346 e. The first kappa shape index (κ1) is 15.8. The van der Waals surface area contributed by atoms with Crippen molar-refractivity contribution in [2.45, 2.75) is 77.9 Å². The van der Waals surface area contributed by atoms with Gasteiger partial charge in [-0.2, -0.15) is 0 Å². The van der Waals surface area contributed by atoms with Crippen molar-refractivity contribution in [2.75, 3.05) is 11.9 Å². The molecule has 1 aliphatic carbocycles. The van der Waals surface area contributed by atoms with Crippen molar-refractivity contribution < 1.29 is 0 Å². The van der Waals surface area contributed by atoms with Gasteiger partial charge in [0.1, 0.15) is 0 Å². The predicted octanol–water partition coefficient (Wildman–Crippen LogP) is 4.14. The van der Waals surface area contributed by atoms with Gasteiger partial charge in [-0.25, -0.2) is 4.98 Å². The molecule has 1 aromatic heterocycles. The van der Waals surface area contributed by atoms with Gasteiger partial charge in [-0.05, 0) is 39.0 Å². The fourth-order valence-corrected chi connectivity index (χ4v) is 3.38. The Hall–Kier alpha value is -0.610. The zero-order valence-corrected chi connectivity index (χ0v) is 14.6. The fraction of sp³-hybridized carbons (Fsp3) is 0.812. The summed E-state index contributed by atoms with van der Waals surface area (Å²) in [5, 5.41) is 4.79. The molecule has 0 radical (unpaired) electrons. The van der Waals surface area contributed by atoms with Gasteiger partial charge >= 0.3 is 0 Å². The summed E-state index contributed by atoms with van der Waals surface area (Å²) in [6, 6.07) is 0.755. The fourth-order valence-electron chi connectivity index (χ4n) is 2.09. The number of nitrogens with zero attached hydrogens (tertiary/aromatic N) is 2. The summed E-state index contributed by atoms with van der Waals surface area (Å²) in [6.07, 6.45) is 3.80. The summed E-state index contributed by atoms with van der Waals surface area (Å²) in [5.74, 6) is 0.495. The monoisotopic (exact) mass is 295 g/mol. The van der Waals surface area contributed by atoms with Crippen molar-refractivity contribution in [2.24, 2.45) is 0 Å². The summed E-state index contributed by atoms with van der Waals surface area (Å²) in [6.45, 7) is 12.3. The lowest BCUT2D eigenvalue weighted by molar-refractivity contribution is 0.469. The number of hydrogen-bond donors (Lipinski definition) is 1. The maximum absolute atomic E-state index is 4.93. The molecule has 20 heavy (non-hydrogen) atoms. The van der Waals surface area contributed by atoms with Crippen LogP contribution < -0.4 is 10.2 Å². The molecule has 2 rings (SSSR count). The molecule has 0 aliphatic heterocycles. The van der Waals surface area contributed by atoms with Crippen molar-refractivity contribution in [3.63, 3.8) is 0 Å². The summed E-state index contributed by atoms with van der Waals surface area (Å²) < 4.78 is 0. The second-order valence-electron chi connectivity index (χ2n) is 6.84. The average Bonchev–Trinajstić information content (AvgIpc) is 3.13. The first-order valence-electron chi connectivity index (χ1n) is 7.82. The third-order valence-corrected chi connectivity index (χ3v) is 5.60. The number of thiazole rings is 1. The Labute approximate surface area is 127 Å². The Morgan fingerprint density at radius 2 is 2.05 bits per heavy atom. The van der Waals surface area contributed by atoms with Gasteiger partial charge in [0.15, 0.2) is 5.13 Å². The van der Waals surface area contributed by atoms with Gasteiger partial charge in [0, 0.05) is 30.1 Å². The summed E-state index contributed by atoms with van der Waals surface area (Å²) >= 11 is 1.86. The number of aromatic nitrogens is 1. The van der Waals surface area contributed by atoms with Crippen LogP contribution in [0.4, 0.5) is 5.13 Å². The van der Waals surface area contributed by atoms with E-state index in [9.17, 15) is 0 Å². The number of hydrogen-bond acceptors (Lipinski definition) is 4. The van der Waals surface area contributed by atoms with E-state index in [0.717, 1.165) is 24.1 Å². The first-order valence-corrected chi connectivity index (χ1v) is 8.63. The number of nitrogens with one attached hydrogen (secondary N) is 1. The van der Waals surface area contributed by atoms with Crippen LogP contribution in [0.1, 0.15) is 70.4 Å². The van der Waals surface area contributed by atoms with E-state index in [2.05, 4.69) is 51.9 Å². The maximum atomic E-state index is 4.93. The lowest BCUT2D eigenvalue weighted by Gasteiger charge is -2.34. The molecule has 0 saturated heterocycles. The molecule has 4 heteroatoms. The van der Waals surface area contributed by atoms with Gasteiger partial charge in [0.2, 0.25) is 0 Å². The topological polar surface area (TPSA) is 28.2 Å². The van der Waals surface area contributed by atoms with E-state index in [1.165, 1.54) is 23.4 Å². The SMILES string of the molecule is CCC(C)(C)N(C)c1nc(C(C)C)c(CNC2CC2)s1. The van der Waals surface area contributed by atoms with Gasteiger partial charge in [-0.15, -0.1) is 11.3 Å². The Morgan fingerprint density at radius 1 is 1.40 bits per heavy atom. The number of rotatable bonds is 7. The zero-order chi connectivity index (χ0) is 14.9. The van der Waals surface area contributed by atoms with E-state index in [1.54, 1.807) is 0 Å². The van der Waals surface area contributed by atoms with E-state index in [1.807, 2.05) is 11.3 Å². The molecule has 1 fully saturated rings. The highest BCUT2D eigenvalue weighted by Gasteiger charge is 2.27. The molecule has 0 bridgehead atoms. The molecular formula is C16H29N3S. The van der Waals surface area contributed by atoms with E-state index in [-0.39, 0.29) is 5.54 Å². The molecule has 114 valence electrons. The average molecular weight is 295 g/mol. The molecule has 0 aromatic carbocycles. The Kier molecular flexibility index (Phi) is 4.75. The van der Waals surface area contributed by atoms with Gasteiger partial charge < -0.3 is 10.2 Å². The van der Waals surface area contributed by atoms with Gasteiger partial charge in [-0.3, -0.25) is 0 Å². The molecule has 3 nitrogen and oxygen atoms in total.